The molecule has 0 amide bonds. The van der Waals surface area contributed by atoms with Crippen LogP contribution in [-0.4, -0.2) is 26.3 Å². The molecule has 112 valence electrons. The summed E-state index contributed by atoms with van der Waals surface area (Å²) in [6.07, 6.45) is -0.792. The lowest BCUT2D eigenvalue weighted by Gasteiger charge is -2.24. The lowest BCUT2D eigenvalue weighted by Crippen LogP contribution is -2.30. The summed E-state index contributed by atoms with van der Waals surface area (Å²) in [6, 6.07) is 9.22. The second kappa shape index (κ2) is 7.58. The number of hydrogen-bond donors (Lipinski definition) is 0. The molecular weight excluding hydrogens is 279 g/mol. The Hall–Kier alpha value is -1.16. The fourth-order valence-corrected chi connectivity index (χ4v) is 3.30. The summed E-state index contributed by atoms with van der Waals surface area (Å²) in [5.74, 6) is -0.716. The Labute approximate surface area is 119 Å². The highest BCUT2D eigenvalue weighted by Gasteiger charge is 2.34. The molecular formula is C14H21O5P. The largest absolute Gasteiger partial charge is 0.467 e. The van der Waals surface area contributed by atoms with Gasteiger partial charge in [-0.2, -0.15) is 0 Å². The Bertz CT molecular complexity index is 472. The van der Waals surface area contributed by atoms with E-state index in [4.69, 9.17) is 9.05 Å². The number of hydrogen-bond acceptors (Lipinski definition) is 5. The molecule has 1 rings (SSSR count). The van der Waals surface area contributed by atoms with Gasteiger partial charge in [-0.15, -0.1) is 0 Å². The van der Waals surface area contributed by atoms with Crippen LogP contribution in [0.25, 0.3) is 0 Å². The zero-order valence-electron chi connectivity index (χ0n) is 12.2. The third kappa shape index (κ3) is 4.75. The molecule has 0 fully saturated rings. The normalized spacial score (nSPS) is 15.7. The maximum Gasteiger partial charge on any atom is 0.335 e. The van der Waals surface area contributed by atoms with Crippen LogP contribution in [-0.2, 0) is 29.3 Å². The fraction of sp³-hybridized carbons (Fsp3) is 0.500. The average Bonchev–Trinajstić information content (AvgIpc) is 2.45. The highest BCUT2D eigenvalue weighted by molar-refractivity contribution is 7.53. The molecule has 20 heavy (non-hydrogen) atoms. The standard InChI is InChI=1S/C14H21O5P/c1-11(2)13(14(15)17-3)19-20(16,18-4)10-12-8-6-5-7-9-12/h5-9,11,13H,10H2,1-4H3/t13-,20?/m0/s1. The third-order valence-corrected chi connectivity index (χ3v) is 4.67. The van der Waals surface area contributed by atoms with Gasteiger partial charge in [0.2, 0.25) is 0 Å². The van der Waals surface area contributed by atoms with Crippen molar-refractivity contribution < 1.29 is 23.1 Å². The van der Waals surface area contributed by atoms with Crippen molar-refractivity contribution >= 4 is 13.6 Å². The van der Waals surface area contributed by atoms with E-state index in [1.54, 1.807) is 13.8 Å². The van der Waals surface area contributed by atoms with E-state index < -0.39 is 19.7 Å². The minimum atomic E-state index is -3.40. The van der Waals surface area contributed by atoms with Gasteiger partial charge in [0.15, 0.2) is 6.10 Å². The van der Waals surface area contributed by atoms with Gasteiger partial charge in [0.25, 0.3) is 0 Å². The lowest BCUT2D eigenvalue weighted by molar-refractivity contribution is -0.151. The van der Waals surface area contributed by atoms with Crippen LogP contribution in [0.15, 0.2) is 30.3 Å². The molecule has 0 saturated carbocycles. The second-order valence-corrected chi connectivity index (χ2v) is 6.84. The van der Waals surface area contributed by atoms with Crippen LogP contribution in [0.2, 0.25) is 0 Å². The zero-order valence-corrected chi connectivity index (χ0v) is 13.1. The highest BCUT2D eigenvalue weighted by atomic mass is 31.2. The van der Waals surface area contributed by atoms with Crippen LogP contribution >= 0.6 is 7.60 Å². The van der Waals surface area contributed by atoms with Gasteiger partial charge >= 0.3 is 13.6 Å². The molecule has 0 saturated heterocycles. The number of carbonyl (C=O) groups excluding carboxylic acids is 1. The third-order valence-electron chi connectivity index (χ3n) is 2.81. The summed E-state index contributed by atoms with van der Waals surface area (Å²) in [5.41, 5.74) is 0.824. The fourth-order valence-electron chi connectivity index (χ4n) is 1.68. The first-order chi connectivity index (χ1) is 9.41. The minimum absolute atomic E-state index is 0.116. The highest BCUT2D eigenvalue weighted by Crippen LogP contribution is 2.52. The number of rotatable bonds is 7. The molecule has 0 heterocycles. The van der Waals surface area contributed by atoms with E-state index in [-0.39, 0.29) is 12.1 Å². The van der Waals surface area contributed by atoms with E-state index in [0.717, 1.165) is 5.56 Å². The molecule has 0 aromatic heterocycles. The maximum atomic E-state index is 12.6. The molecule has 1 aromatic carbocycles. The van der Waals surface area contributed by atoms with Gasteiger partial charge in [0.05, 0.1) is 13.3 Å². The van der Waals surface area contributed by atoms with Gasteiger partial charge in [0, 0.05) is 7.11 Å². The molecule has 0 N–H and O–H groups in total. The Balaban J connectivity index is 2.88. The van der Waals surface area contributed by atoms with Gasteiger partial charge in [-0.25, -0.2) is 4.79 Å². The summed E-state index contributed by atoms with van der Waals surface area (Å²) in [4.78, 5) is 11.7. The molecule has 0 spiro atoms. The van der Waals surface area contributed by atoms with Crippen LogP contribution in [0.1, 0.15) is 19.4 Å². The summed E-state index contributed by atoms with van der Waals surface area (Å²) in [6.45, 7) is 3.59. The van der Waals surface area contributed by atoms with E-state index >= 15 is 0 Å². The summed E-state index contributed by atoms with van der Waals surface area (Å²) in [5, 5.41) is 0. The predicted octanol–water partition coefficient (Wildman–Crippen LogP) is 3.24. The van der Waals surface area contributed by atoms with Crippen molar-refractivity contribution in [3.8, 4) is 0 Å². The zero-order chi connectivity index (χ0) is 15.2. The molecule has 0 aliphatic rings. The van der Waals surface area contributed by atoms with Gasteiger partial charge in [-0.3, -0.25) is 9.09 Å². The number of benzene rings is 1. The molecule has 2 atom stereocenters. The molecule has 0 aliphatic carbocycles. The Morgan fingerprint density at radius 2 is 1.80 bits per heavy atom. The molecule has 0 bridgehead atoms. The number of methoxy groups -OCH3 is 1. The Kier molecular flexibility index (Phi) is 6.40. The van der Waals surface area contributed by atoms with E-state index in [1.165, 1.54) is 14.2 Å². The van der Waals surface area contributed by atoms with Crippen molar-refractivity contribution in [1.82, 2.24) is 0 Å². The van der Waals surface area contributed by atoms with Crippen LogP contribution in [0, 0.1) is 5.92 Å². The Morgan fingerprint density at radius 1 is 1.20 bits per heavy atom. The van der Waals surface area contributed by atoms with Gasteiger partial charge in [0.1, 0.15) is 0 Å². The van der Waals surface area contributed by atoms with Crippen LogP contribution < -0.4 is 0 Å². The lowest BCUT2D eigenvalue weighted by atomic mass is 10.1. The summed E-state index contributed by atoms with van der Waals surface area (Å²) < 4.78 is 27.8. The quantitative estimate of drug-likeness (QED) is 0.571. The van der Waals surface area contributed by atoms with Crippen LogP contribution in [0.4, 0.5) is 0 Å². The Morgan fingerprint density at radius 3 is 2.25 bits per heavy atom. The predicted molar refractivity (Wildman–Crippen MR) is 76.5 cm³/mol. The van der Waals surface area contributed by atoms with Gasteiger partial charge in [-0.1, -0.05) is 44.2 Å². The van der Waals surface area contributed by atoms with E-state index in [2.05, 4.69) is 4.74 Å². The molecule has 1 unspecified atom stereocenters. The van der Waals surface area contributed by atoms with E-state index in [9.17, 15) is 9.36 Å². The molecule has 1 aromatic rings. The number of carbonyl (C=O) groups is 1. The van der Waals surface area contributed by atoms with Crippen molar-refractivity contribution in [2.45, 2.75) is 26.1 Å². The SMILES string of the molecule is COC(=O)[C@@H](OP(=O)(Cc1ccccc1)OC)C(C)C. The monoisotopic (exact) mass is 300 g/mol. The smallest absolute Gasteiger partial charge is 0.335 e. The van der Waals surface area contributed by atoms with Gasteiger partial charge < -0.3 is 9.26 Å². The van der Waals surface area contributed by atoms with Crippen molar-refractivity contribution in [3.63, 3.8) is 0 Å². The first-order valence-electron chi connectivity index (χ1n) is 6.37. The minimum Gasteiger partial charge on any atom is -0.467 e. The molecule has 5 nitrogen and oxygen atoms in total. The van der Waals surface area contributed by atoms with Crippen LogP contribution in [0.3, 0.4) is 0 Å². The maximum absolute atomic E-state index is 12.6. The van der Waals surface area contributed by atoms with Crippen molar-refractivity contribution in [3.05, 3.63) is 35.9 Å². The van der Waals surface area contributed by atoms with Crippen LogP contribution in [0.5, 0.6) is 0 Å². The van der Waals surface area contributed by atoms with Gasteiger partial charge in [-0.05, 0) is 11.5 Å². The van der Waals surface area contributed by atoms with E-state index in [0.29, 0.717) is 0 Å². The number of ether oxygens (including phenoxy) is 1. The molecule has 0 radical (unpaired) electrons. The molecule has 0 aliphatic heterocycles. The summed E-state index contributed by atoms with van der Waals surface area (Å²) >= 11 is 0. The summed E-state index contributed by atoms with van der Waals surface area (Å²) in [7, 11) is -0.808. The molecule has 6 heteroatoms. The van der Waals surface area contributed by atoms with Crippen molar-refractivity contribution in [1.29, 1.82) is 0 Å². The van der Waals surface area contributed by atoms with Crippen molar-refractivity contribution in [2.24, 2.45) is 5.92 Å². The first kappa shape index (κ1) is 16.9. The topological polar surface area (TPSA) is 61.8 Å². The first-order valence-corrected chi connectivity index (χ1v) is 8.09. The van der Waals surface area contributed by atoms with E-state index in [1.807, 2.05) is 30.3 Å². The second-order valence-electron chi connectivity index (χ2n) is 4.73. The average molecular weight is 300 g/mol. The van der Waals surface area contributed by atoms with Crippen molar-refractivity contribution in [2.75, 3.05) is 14.2 Å². The number of esters is 1.